The second-order valence-corrected chi connectivity index (χ2v) is 7.78. The van der Waals surface area contributed by atoms with E-state index in [2.05, 4.69) is 43.8 Å². The maximum Gasteiger partial charge on any atom is 0.136 e. The third kappa shape index (κ3) is 7.73. The molecule has 0 saturated carbocycles. The summed E-state index contributed by atoms with van der Waals surface area (Å²) in [6.07, 6.45) is 11.2. The van der Waals surface area contributed by atoms with Gasteiger partial charge >= 0.3 is 0 Å². The molecule has 0 aliphatic heterocycles. The summed E-state index contributed by atoms with van der Waals surface area (Å²) in [7, 11) is 0. The number of nitrogens with zero attached hydrogens (tertiary/aromatic N) is 1. The minimum absolute atomic E-state index is 0.443. The van der Waals surface area contributed by atoms with Gasteiger partial charge in [0.2, 0.25) is 0 Å². The fraction of sp³-hybridized carbons (Fsp3) is 0.722. The van der Waals surface area contributed by atoms with Crippen molar-refractivity contribution >= 4 is 29.1 Å². The van der Waals surface area contributed by atoms with Crippen LogP contribution in [0.2, 0.25) is 0 Å². The highest BCUT2D eigenvalue weighted by molar-refractivity contribution is 7.99. The van der Waals surface area contributed by atoms with Crippen LogP contribution in [0, 0.1) is 5.92 Å². The Morgan fingerprint density at radius 3 is 2.95 bits per heavy atom. The lowest BCUT2D eigenvalue weighted by Gasteiger charge is -2.24. The van der Waals surface area contributed by atoms with E-state index in [1.807, 2.05) is 0 Å². The van der Waals surface area contributed by atoms with Crippen LogP contribution >= 0.6 is 23.4 Å². The normalized spacial score (nSPS) is 21.0. The molecule has 126 valence electrons. The first kappa shape index (κ1) is 19.6. The van der Waals surface area contributed by atoms with E-state index < -0.39 is 0 Å². The highest BCUT2D eigenvalue weighted by atomic mass is 35.5. The van der Waals surface area contributed by atoms with Gasteiger partial charge in [0.1, 0.15) is 6.61 Å². The van der Waals surface area contributed by atoms with Crippen molar-refractivity contribution < 1.29 is 4.84 Å². The number of hydrogen-bond donors (Lipinski definition) is 0. The SMILES string of the molecule is CCCC(=NOC/C=C/Cl)C1=CCC(CC(C)SCC)CC1. The third-order valence-electron chi connectivity index (χ3n) is 3.93. The number of allylic oxidation sites excluding steroid dienone is 2. The van der Waals surface area contributed by atoms with E-state index in [0.717, 1.165) is 36.1 Å². The van der Waals surface area contributed by atoms with Crippen molar-refractivity contribution in [2.24, 2.45) is 11.1 Å². The Bertz CT molecular complexity index is 393. The Hall–Kier alpha value is -0.410. The first-order valence-electron chi connectivity index (χ1n) is 8.46. The van der Waals surface area contributed by atoms with E-state index in [1.165, 1.54) is 36.1 Å². The van der Waals surface area contributed by atoms with Gasteiger partial charge in [-0.15, -0.1) is 0 Å². The van der Waals surface area contributed by atoms with Crippen LogP contribution in [0.3, 0.4) is 0 Å². The number of hydrogen-bond acceptors (Lipinski definition) is 3. The average molecular weight is 344 g/mol. The van der Waals surface area contributed by atoms with Crippen molar-refractivity contribution in [1.82, 2.24) is 0 Å². The van der Waals surface area contributed by atoms with E-state index in [1.54, 1.807) is 6.08 Å². The van der Waals surface area contributed by atoms with E-state index >= 15 is 0 Å². The minimum atomic E-state index is 0.443. The molecule has 0 heterocycles. The van der Waals surface area contributed by atoms with Gasteiger partial charge in [-0.1, -0.05) is 50.0 Å². The summed E-state index contributed by atoms with van der Waals surface area (Å²) in [4.78, 5) is 5.34. The fourth-order valence-corrected chi connectivity index (χ4v) is 3.93. The third-order valence-corrected chi connectivity index (χ3v) is 5.20. The first-order chi connectivity index (χ1) is 10.7. The van der Waals surface area contributed by atoms with Crippen LogP contribution in [0.25, 0.3) is 0 Å². The highest BCUT2D eigenvalue weighted by Gasteiger charge is 2.19. The standard InChI is InChI=1S/C18H30ClNOS/c1-4-7-18(20-21-13-6-12-19)17-10-8-16(9-11-17)14-15(3)22-5-2/h6,10,12,15-16H,4-5,7-9,11,13-14H2,1-3H3/b12-6+,20-18?. The molecule has 0 fully saturated rings. The molecule has 0 aromatic carbocycles. The Morgan fingerprint density at radius 1 is 1.55 bits per heavy atom. The summed E-state index contributed by atoms with van der Waals surface area (Å²) in [5.74, 6) is 2.05. The lowest BCUT2D eigenvalue weighted by atomic mass is 9.84. The lowest BCUT2D eigenvalue weighted by molar-refractivity contribution is 0.174. The predicted molar refractivity (Wildman–Crippen MR) is 101 cm³/mol. The zero-order chi connectivity index (χ0) is 16.2. The number of oxime groups is 1. The molecule has 1 aliphatic rings. The van der Waals surface area contributed by atoms with Gasteiger partial charge in [0.05, 0.1) is 5.71 Å². The van der Waals surface area contributed by atoms with Gasteiger partial charge < -0.3 is 4.84 Å². The fourth-order valence-electron chi connectivity index (χ4n) is 2.88. The molecule has 1 aliphatic carbocycles. The summed E-state index contributed by atoms with van der Waals surface area (Å²) >= 11 is 7.56. The van der Waals surface area contributed by atoms with Crippen molar-refractivity contribution in [3.63, 3.8) is 0 Å². The summed E-state index contributed by atoms with van der Waals surface area (Å²) in [6, 6.07) is 0. The molecule has 1 rings (SSSR count). The molecule has 2 nitrogen and oxygen atoms in total. The van der Waals surface area contributed by atoms with Crippen LogP contribution in [-0.2, 0) is 4.84 Å². The van der Waals surface area contributed by atoms with Crippen molar-refractivity contribution in [2.45, 2.75) is 64.5 Å². The molecule has 0 spiro atoms. The molecule has 0 N–H and O–H groups in total. The smallest absolute Gasteiger partial charge is 0.136 e. The van der Waals surface area contributed by atoms with Gasteiger partial charge in [-0.2, -0.15) is 11.8 Å². The van der Waals surface area contributed by atoms with Gasteiger partial charge in [-0.25, -0.2) is 0 Å². The largest absolute Gasteiger partial charge is 0.391 e. The molecule has 0 radical (unpaired) electrons. The topological polar surface area (TPSA) is 21.6 Å². The summed E-state index contributed by atoms with van der Waals surface area (Å²) < 4.78 is 0. The van der Waals surface area contributed by atoms with E-state index in [-0.39, 0.29) is 0 Å². The summed E-state index contributed by atoms with van der Waals surface area (Å²) in [6.45, 7) is 7.23. The predicted octanol–water partition coefficient (Wildman–Crippen LogP) is 6.17. The zero-order valence-corrected chi connectivity index (χ0v) is 15.8. The van der Waals surface area contributed by atoms with E-state index in [4.69, 9.17) is 16.4 Å². The van der Waals surface area contributed by atoms with Crippen molar-refractivity contribution in [3.8, 4) is 0 Å². The molecule has 0 amide bonds. The molecule has 0 bridgehead atoms. The number of thioether (sulfide) groups is 1. The molecular weight excluding hydrogens is 314 g/mol. The first-order valence-corrected chi connectivity index (χ1v) is 9.94. The van der Waals surface area contributed by atoms with Crippen molar-refractivity contribution in [1.29, 1.82) is 0 Å². The zero-order valence-electron chi connectivity index (χ0n) is 14.2. The van der Waals surface area contributed by atoms with Crippen LogP contribution < -0.4 is 0 Å². The van der Waals surface area contributed by atoms with Gasteiger partial charge in [-0.3, -0.25) is 0 Å². The Kier molecular flexibility index (Phi) is 10.8. The number of halogens is 1. The summed E-state index contributed by atoms with van der Waals surface area (Å²) in [5.41, 5.74) is 3.98. The van der Waals surface area contributed by atoms with Gasteiger partial charge in [-0.05, 0) is 55.4 Å². The monoisotopic (exact) mass is 343 g/mol. The maximum atomic E-state index is 5.48. The van der Waals surface area contributed by atoms with E-state index in [0.29, 0.717) is 6.61 Å². The molecular formula is C18H30ClNOS. The van der Waals surface area contributed by atoms with Crippen LogP contribution in [0.4, 0.5) is 0 Å². The lowest BCUT2D eigenvalue weighted by Crippen LogP contribution is -2.15. The molecule has 0 aromatic heterocycles. The van der Waals surface area contributed by atoms with Crippen LogP contribution in [-0.4, -0.2) is 23.3 Å². The van der Waals surface area contributed by atoms with Crippen LogP contribution in [0.1, 0.15) is 59.3 Å². The second-order valence-electron chi connectivity index (χ2n) is 5.82. The molecule has 0 aromatic rings. The minimum Gasteiger partial charge on any atom is -0.391 e. The van der Waals surface area contributed by atoms with Crippen LogP contribution in [0.15, 0.2) is 28.4 Å². The van der Waals surface area contributed by atoms with Gasteiger partial charge in [0.15, 0.2) is 0 Å². The van der Waals surface area contributed by atoms with Crippen LogP contribution in [0.5, 0.6) is 0 Å². The molecule has 4 heteroatoms. The average Bonchev–Trinajstić information content (AvgIpc) is 2.51. The number of rotatable bonds is 10. The second kappa shape index (κ2) is 12.1. The van der Waals surface area contributed by atoms with E-state index in [9.17, 15) is 0 Å². The Labute approximate surface area is 145 Å². The Morgan fingerprint density at radius 2 is 2.36 bits per heavy atom. The van der Waals surface area contributed by atoms with Crippen molar-refractivity contribution in [3.05, 3.63) is 23.3 Å². The van der Waals surface area contributed by atoms with Crippen molar-refractivity contribution in [2.75, 3.05) is 12.4 Å². The van der Waals surface area contributed by atoms with Gasteiger partial charge in [0.25, 0.3) is 0 Å². The molecule has 22 heavy (non-hydrogen) atoms. The molecule has 0 saturated heterocycles. The Balaban J connectivity index is 2.53. The highest BCUT2D eigenvalue weighted by Crippen LogP contribution is 2.31. The molecule has 2 unspecified atom stereocenters. The molecule has 2 atom stereocenters. The quantitative estimate of drug-likeness (QED) is 0.269. The maximum absolute atomic E-state index is 5.48. The summed E-state index contributed by atoms with van der Waals surface area (Å²) in [5, 5.41) is 5.10. The van der Waals surface area contributed by atoms with Gasteiger partial charge in [0, 0.05) is 10.8 Å².